The minimum Gasteiger partial charge on any atom is -0.756 e. The van der Waals surface area contributed by atoms with Crippen LogP contribution < -0.4 is 34.5 Å². The van der Waals surface area contributed by atoms with Gasteiger partial charge in [0.2, 0.25) is 0 Å². The number of nitrogens with zero attached hydrogens (tertiary/aromatic N) is 1. The predicted molar refractivity (Wildman–Crippen MR) is 38.7 cm³/mol. The zero-order chi connectivity index (χ0) is 9.12. The number of rotatable bonds is 4. The van der Waals surface area contributed by atoms with Gasteiger partial charge in [0.15, 0.2) is 0 Å². The molecule has 0 saturated carbocycles. The number of likely N-dealkylation sites (N-methyl/N-ethyl adjacent to an activating group) is 1. The SMILES string of the molecule is C[N+](C)(C)CCOP(=O)([O-])O.[Na+]. The Bertz CT molecular complexity index is 163. The standard InChI is InChI=1S/C5H14NO4P.Na/c1-6(2,3)4-5-10-11(7,8)9;/h4-5H2,1-3H3,(H-,7,8,9);/q;+1. The summed E-state index contributed by atoms with van der Waals surface area (Å²) in [6.45, 7) is 0.549. The molecule has 1 atom stereocenters. The Kier molecular flexibility index (Phi) is 7.42. The Labute approximate surface area is 94.8 Å². The van der Waals surface area contributed by atoms with Crippen molar-refractivity contribution in [2.75, 3.05) is 34.3 Å². The molecule has 1 unspecified atom stereocenters. The molecule has 0 saturated heterocycles. The third kappa shape index (κ3) is 13.6. The molecule has 1 N–H and O–H groups in total. The summed E-state index contributed by atoms with van der Waals surface area (Å²) in [5, 5.41) is 0. The van der Waals surface area contributed by atoms with Gasteiger partial charge in [0.1, 0.15) is 13.2 Å². The summed E-state index contributed by atoms with van der Waals surface area (Å²) in [6, 6.07) is 0. The van der Waals surface area contributed by atoms with E-state index < -0.39 is 7.82 Å². The Morgan fingerprint density at radius 3 is 2.17 bits per heavy atom. The largest absolute Gasteiger partial charge is 1.00 e. The molecule has 0 aliphatic carbocycles. The van der Waals surface area contributed by atoms with Gasteiger partial charge in [-0.05, 0) is 0 Å². The Balaban J connectivity index is 0. The van der Waals surface area contributed by atoms with Crippen LogP contribution >= 0.6 is 7.82 Å². The van der Waals surface area contributed by atoms with Crippen molar-refractivity contribution in [1.82, 2.24) is 0 Å². The van der Waals surface area contributed by atoms with Crippen LogP contribution in [-0.4, -0.2) is 43.7 Å². The third-order valence-electron chi connectivity index (χ3n) is 1.02. The van der Waals surface area contributed by atoms with Crippen LogP contribution in [0.1, 0.15) is 0 Å². The van der Waals surface area contributed by atoms with E-state index in [1.807, 2.05) is 21.1 Å². The number of hydrogen-bond donors (Lipinski definition) is 1. The van der Waals surface area contributed by atoms with Crippen LogP contribution in [0.25, 0.3) is 0 Å². The molecule has 0 fully saturated rings. The van der Waals surface area contributed by atoms with Gasteiger partial charge in [-0.25, -0.2) is 0 Å². The van der Waals surface area contributed by atoms with E-state index in [2.05, 4.69) is 4.52 Å². The molecule has 0 aliphatic rings. The molecular weight excluding hydrogens is 192 g/mol. The maximum atomic E-state index is 10.1. The summed E-state index contributed by atoms with van der Waals surface area (Å²) in [7, 11) is 1.19. The molecule has 12 heavy (non-hydrogen) atoms. The first kappa shape index (κ1) is 15.5. The Morgan fingerprint density at radius 2 is 1.92 bits per heavy atom. The van der Waals surface area contributed by atoms with Crippen molar-refractivity contribution in [3.05, 3.63) is 0 Å². The second-order valence-electron chi connectivity index (χ2n) is 3.32. The zero-order valence-electron chi connectivity index (χ0n) is 7.98. The summed E-state index contributed by atoms with van der Waals surface area (Å²) in [5.41, 5.74) is 0. The summed E-state index contributed by atoms with van der Waals surface area (Å²) < 4.78 is 14.8. The van der Waals surface area contributed by atoms with E-state index in [1.165, 1.54) is 0 Å². The van der Waals surface area contributed by atoms with E-state index in [4.69, 9.17) is 4.89 Å². The van der Waals surface area contributed by atoms with Gasteiger partial charge in [0.25, 0.3) is 7.82 Å². The van der Waals surface area contributed by atoms with Crippen molar-refractivity contribution >= 4 is 7.82 Å². The maximum absolute atomic E-state index is 10.1. The molecule has 0 rings (SSSR count). The van der Waals surface area contributed by atoms with Crippen LogP contribution in [0.3, 0.4) is 0 Å². The molecule has 0 spiro atoms. The first-order valence-corrected chi connectivity index (χ1v) is 4.69. The van der Waals surface area contributed by atoms with E-state index in [1.54, 1.807) is 0 Å². The fourth-order valence-corrected chi connectivity index (χ4v) is 0.742. The van der Waals surface area contributed by atoms with Gasteiger partial charge < -0.3 is 18.8 Å². The second-order valence-corrected chi connectivity index (χ2v) is 4.51. The Morgan fingerprint density at radius 1 is 1.50 bits per heavy atom. The van der Waals surface area contributed by atoms with Crippen molar-refractivity contribution < 1.29 is 52.9 Å². The monoisotopic (exact) mass is 206 g/mol. The first-order chi connectivity index (χ1) is 4.71. The van der Waals surface area contributed by atoms with Crippen molar-refractivity contribution in [3.63, 3.8) is 0 Å². The molecule has 0 bridgehead atoms. The third-order valence-corrected chi connectivity index (χ3v) is 1.53. The number of phosphoric ester groups is 1. The van der Waals surface area contributed by atoms with Crippen LogP contribution in [0.5, 0.6) is 0 Å². The zero-order valence-corrected chi connectivity index (χ0v) is 10.9. The van der Waals surface area contributed by atoms with Gasteiger partial charge in [-0.3, -0.25) is 4.57 Å². The minimum atomic E-state index is -4.51. The van der Waals surface area contributed by atoms with E-state index in [0.717, 1.165) is 0 Å². The van der Waals surface area contributed by atoms with Gasteiger partial charge in [-0.1, -0.05) is 0 Å². The summed E-state index contributed by atoms with van der Waals surface area (Å²) in [6.07, 6.45) is 0. The van der Waals surface area contributed by atoms with Gasteiger partial charge in [0, 0.05) is 0 Å². The second kappa shape index (κ2) is 5.73. The van der Waals surface area contributed by atoms with E-state index >= 15 is 0 Å². The molecule has 0 aromatic heterocycles. The van der Waals surface area contributed by atoms with Gasteiger partial charge >= 0.3 is 29.6 Å². The predicted octanol–water partition coefficient (Wildman–Crippen LogP) is -3.83. The molecule has 5 nitrogen and oxygen atoms in total. The number of quaternary nitrogens is 1. The molecule has 0 radical (unpaired) electrons. The van der Waals surface area contributed by atoms with Crippen molar-refractivity contribution in [2.45, 2.75) is 0 Å². The molecule has 0 aliphatic heterocycles. The van der Waals surface area contributed by atoms with Crippen LogP contribution in [0.15, 0.2) is 0 Å². The molecule has 7 heteroatoms. The van der Waals surface area contributed by atoms with Crippen LogP contribution in [0.2, 0.25) is 0 Å². The van der Waals surface area contributed by atoms with Gasteiger partial charge in [-0.2, -0.15) is 0 Å². The minimum absolute atomic E-state index is 0. The van der Waals surface area contributed by atoms with E-state index in [0.29, 0.717) is 11.0 Å². The van der Waals surface area contributed by atoms with Crippen LogP contribution in [-0.2, 0) is 9.09 Å². The molecule has 0 aromatic rings. The molecule has 0 aromatic carbocycles. The fourth-order valence-electron chi connectivity index (χ4n) is 0.430. The number of hydrogen-bond acceptors (Lipinski definition) is 3. The first-order valence-electron chi connectivity index (χ1n) is 3.19. The van der Waals surface area contributed by atoms with Crippen LogP contribution in [0, 0.1) is 0 Å². The van der Waals surface area contributed by atoms with Crippen molar-refractivity contribution in [2.24, 2.45) is 0 Å². The van der Waals surface area contributed by atoms with E-state index in [9.17, 15) is 9.46 Å². The average molecular weight is 206 g/mol. The number of phosphoric acid groups is 1. The van der Waals surface area contributed by atoms with Gasteiger partial charge in [0.05, 0.1) is 21.1 Å². The van der Waals surface area contributed by atoms with Crippen LogP contribution in [0.4, 0.5) is 0 Å². The molecule has 0 amide bonds. The summed E-state index contributed by atoms with van der Waals surface area (Å²) in [4.78, 5) is 18.3. The maximum Gasteiger partial charge on any atom is 1.00 e. The quantitative estimate of drug-likeness (QED) is 0.291. The fraction of sp³-hybridized carbons (Fsp3) is 1.00. The Hall–Kier alpha value is 1.07. The van der Waals surface area contributed by atoms with E-state index in [-0.39, 0.29) is 36.2 Å². The normalized spacial score (nSPS) is 16.4. The smallest absolute Gasteiger partial charge is 0.756 e. The topological polar surface area (TPSA) is 69.6 Å². The van der Waals surface area contributed by atoms with Crippen molar-refractivity contribution in [3.8, 4) is 0 Å². The molecule has 68 valence electrons. The summed E-state index contributed by atoms with van der Waals surface area (Å²) >= 11 is 0. The van der Waals surface area contributed by atoms with Gasteiger partial charge in [-0.15, -0.1) is 0 Å². The molecule has 0 heterocycles. The average Bonchev–Trinajstić information content (AvgIpc) is 1.55. The summed E-state index contributed by atoms with van der Waals surface area (Å²) in [5.74, 6) is 0. The molecular formula is C5H14NNaO4P+. The van der Waals surface area contributed by atoms with Crippen molar-refractivity contribution in [1.29, 1.82) is 0 Å².